The monoisotopic (exact) mass is 387 g/mol. The van der Waals surface area contributed by atoms with Crippen LogP contribution in [0.2, 0.25) is 0 Å². The molecule has 0 amide bonds. The molecule has 0 aliphatic rings. The van der Waals surface area contributed by atoms with Crippen LogP contribution in [0.1, 0.15) is 36.4 Å². The van der Waals surface area contributed by atoms with Crippen molar-refractivity contribution < 1.29 is 0 Å². The zero-order valence-corrected chi connectivity index (χ0v) is 18.1. The van der Waals surface area contributed by atoms with Gasteiger partial charge in [0, 0.05) is 17.5 Å². The molecule has 2 aromatic carbocycles. The van der Waals surface area contributed by atoms with E-state index in [1.165, 1.54) is 22.4 Å². The van der Waals surface area contributed by atoms with Gasteiger partial charge < -0.3 is 11.1 Å². The largest absolute Gasteiger partial charge is 0.368 e. The summed E-state index contributed by atoms with van der Waals surface area (Å²) in [6.45, 7) is 13.1. The lowest BCUT2D eigenvalue weighted by atomic mass is 10.0. The first-order chi connectivity index (χ1) is 13.7. The van der Waals surface area contributed by atoms with Crippen LogP contribution in [0.15, 0.2) is 36.4 Å². The predicted molar refractivity (Wildman–Crippen MR) is 122 cm³/mol. The molecule has 3 N–H and O–H groups in total. The quantitative estimate of drug-likeness (QED) is 0.519. The molecule has 4 aromatic rings. The third-order valence-electron chi connectivity index (χ3n) is 5.20. The molecule has 4 rings (SSSR count). The third-order valence-corrected chi connectivity index (χ3v) is 5.20. The SMILES string of the molecule is Cc1cc(C)c(-n2c3ccccc3c3c(NCC(C)(C)N)nc(C)nc32)c(C)c1. The smallest absolute Gasteiger partial charge is 0.151 e. The second-order valence-electron chi connectivity index (χ2n) is 8.76. The Kier molecular flexibility index (Phi) is 4.58. The van der Waals surface area contributed by atoms with Crippen LogP contribution in [-0.4, -0.2) is 26.6 Å². The normalized spacial score (nSPS) is 12.1. The van der Waals surface area contributed by atoms with Crippen molar-refractivity contribution in [2.75, 3.05) is 11.9 Å². The number of hydrogen-bond donors (Lipinski definition) is 2. The second kappa shape index (κ2) is 6.85. The summed E-state index contributed by atoms with van der Waals surface area (Å²) in [4.78, 5) is 9.61. The van der Waals surface area contributed by atoms with Crippen molar-refractivity contribution in [3.05, 3.63) is 58.9 Å². The van der Waals surface area contributed by atoms with Gasteiger partial charge in [-0.25, -0.2) is 9.97 Å². The van der Waals surface area contributed by atoms with Gasteiger partial charge in [0.05, 0.1) is 16.6 Å². The minimum absolute atomic E-state index is 0.340. The highest BCUT2D eigenvalue weighted by atomic mass is 15.1. The van der Waals surface area contributed by atoms with E-state index in [9.17, 15) is 0 Å². The van der Waals surface area contributed by atoms with E-state index in [1.54, 1.807) is 0 Å². The van der Waals surface area contributed by atoms with Gasteiger partial charge in [-0.05, 0) is 58.7 Å². The van der Waals surface area contributed by atoms with Gasteiger partial charge in [0.2, 0.25) is 0 Å². The number of benzene rings is 2. The Hall–Kier alpha value is -2.92. The number of aryl methyl sites for hydroxylation is 4. The molecular weight excluding hydrogens is 358 g/mol. The van der Waals surface area contributed by atoms with Crippen molar-refractivity contribution in [3.8, 4) is 5.69 Å². The van der Waals surface area contributed by atoms with Gasteiger partial charge >= 0.3 is 0 Å². The number of para-hydroxylation sites is 1. The highest BCUT2D eigenvalue weighted by Gasteiger charge is 2.21. The Morgan fingerprint density at radius 3 is 2.31 bits per heavy atom. The van der Waals surface area contributed by atoms with E-state index in [0.717, 1.165) is 33.6 Å². The fourth-order valence-corrected chi connectivity index (χ4v) is 4.15. The van der Waals surface area contributed by atoms with Crippen molar-refractivity contribution in [2.45, 2.75) is 47.1 Å². The zero-order valence-electron chi connectivity index (χ0n) is 18.1. The number of anilines is 1. The Labute approximate surface area is 172 Å². The molecule has 0 saturated heterocycles. The van der Waals surface area contributed by atoms with E-state index >= 15 is 0 Å². The highest BCUT2D eigenvalue weighted by Crippen LogP contribution is 2.36. The van der Waals surface area contributed by atoms with E-state index in [2.05, 4.69) is 67.1 Å². The molecule has 0 radical (unpaired) electrons. The fraction of sp³-hybridized carbons (Fsp3) is 0.333. The predicted octanol–water partition coefficient (Wildman–Crippen LogP) is 4.96. The summed E-state index contributed by atoms with van der Waals surface area (Å²) in [7, 11) is 0. The topological polar surface area (TPSA) is 68.8 Å². The molecule has 5 nitrogen and oxygen atoms in total. The van der Waals surface area contributed by atoms with Gasteiger partial charge in [-0.2, -0.15) is 0 Å². The molecule has 0 saturated carbocycles. The number of nitrogens with zero attached hydrogens (tertiary/aromatic N) is 3. The van der Waals surface area contributed by atoms with Gasteiger partial charge in [0.1, 0.15) is 11.6 Å². The lowest BCUT2D eigenvalue weighted by molar-refractivity contribution is 0.548. The summed E-state index contributed by atoms with van der Waals surface area (Å²) in [6, 6.07) is 12.9. The maximum Gasteiger partial charge on any atom is 0.151 e. The molecule has 2 heterocycles. The number of nitrogens with one attached hydrogen (secondary N) is 1. The molecule has 0 aliphatic heterocycles. The minimum Gasteiger partial charge on any atom is -0.368 e. The minimum atomic E-state index is -0.340. The van der Waals surface area contributed by atoms with Crippen LogP contribution < -0.4 is 11.1 Å². The number of fused-ring (bicyclic) bond motifs is 3. The number of rotatable bonds is 4. The van der Waals surface area contributed by atoms with Crippen LogP contribution in [0.4, 0.5) is 5.82 Å². The van der Waals surface area contributed by atoms with Crippen molar-refractivity contribution >= 4 is 27.8 Å². The van der Waals surface area contributed by atoms with Crippen molar-refractivity contribution in [1.82, 2.24) is 14.5 Å². The average Bonchev–Trinajstić information content (AvgIpc) is 2.93. The van der Waals surface area contributed by atoms with Crippen molar-refractivity contribution in [3.63, 3.8) is 0 Å². The lowest BCUT2D eigenvalue weighted by Gasteiger charge is -2.20. The summed E-state index contributed by atoms with van der Waals surface area (Å²) in [5.41, 5.74) is 12.9. The fourth-order valence-electron chi connectivity index (χ4n) is 4.15. The molecule has 0 aliphatic carbocycles. The number of nitrogens with two attached hydrogens (primary N) is 1. The molecule has 0 spiro atoms. The van der Waals surface area contributed by atoms with Crippen molar-refractivity contribution in [2.24, 2.45) is 5.73 Å². The van der Waals surface area contributed by atoms with Gasteiger partial charge in [0.25, 0.3) is 0 Å². The summed E-state index contributed by atoms with van der Waals surface area (Å²) < 4.78 is 2.28. The maximum absolute atomic E-state index is 6.22. The molecule has 0 bridgehead atoms. The summed E-state index contributed by atoms with van der Waals surface area (Å²) in [5, 5.41) is 5.65. The molecule has 0 atom stereocenters. The second-order valence-corrected chi connectivity index (χ2v) is 8.76. The highest BCUT2D eigenvalue weighted by molar-refractivity contribution is 6.13. The van der Waals surface area contributed by atoms with E-state index in [1.807, 2.05) is 20.8 Å². The third kappa shape index (κ3) is 3.47. The van der Waals surface area contributed by atoms with Crippen LogP contribution in [0, 0.1) is 27.7 Å². The lowest BCUT2D eigenvalue weighted by Crippen LogP contribution is -2.39. The van der Waals surface area contributed by atoms with Gasteiger partial charge in [-0.3, -0.25) is 4.57 Å². The molecule has 150 valence electrons. The van der Waals surface area contributed by atoms with Crippen molar-refractivity contribution in [1.29, 1.82) is 0 Å². The average molecular weight is 388 g/mol. The van der Waals surface area contributed by atoms with Gasteiger partial charge in [0.15, 0.2) is 5.65 Å². The van der Waals surface area contributed by atoms with Crippen LogP contribution in [0.5, 0.6) is 0 Å². The van der Waals surface area contributed by atoms with E-state index < -0.39 is 0 Å². The maximum atomic E-state index is 6.22. The van der Waals surface area contributed by atoms with E-state index in [0.29, 0.717) is 6.54 Å². The van der Waals surface area contributed by atoms with E-state index in [4.69, 9.17) is 15.7 Å². The number of aromatic nitrogens is 3. The first-order valence-electron chi connectivity index (χ1n) is 10.0. The molecule has 29 heavy (non-hydrogen) atoms. The molecule has 2 aromatic heterocycles. The number of hydrogen-bond acceptors (Lipinski definition) is 4. The molecule has 0 unspecified atom stereocenters. The summed E-state index contributed by atoms with van der Waals surface area (Å²) in [5.74, 6) is 1.57. The molecular formula is C24H29N5. The van der Waals surface area contributed by atoms with Crippen LogP contribution in [0.3, 0.4) is 0 Å². The first-order valence-corrected chi connectivity index (χ1v) is 10.0. The standard InChI is InChI=1S/C24H29N5/c1-14-11-15(2)21(16(3)12-14)29-19-10-8-7-9-18(19)20-22(26-13-24(5,6)25)27-17(4)28-23(20)29/h7-12H,13,25H2,1-6H3,(H,26,27,28). The van der Waals surface area contributed by atoms with Crippen LogP contribution >= 0.6 is 0 Å². The summed E-state index contributed by atoms with van der Waals surface area (Å²) >= 11 is 0. The Morgan fingerprint density at radius 2 is 1.66 bits per heavy atom. The van der Waals surface area contributed by atoms with Gasteiger partial charge in [-0.15, -0.1) is 0 Å². The zero-order chi connectivity index (χ0) is 20.9. The Morgan fingerprint density at radius 1 is 1.00 bits per heavy atom. The molecule has 0 fully saturated rings. The van der Waals surface area contributed by atoms with E-state index in [-0.39, 0.29) is 5.54 Å². The summed E-state index contributed by atoms with van der Waals surface area (Å²) in [6.07, 6.45) is 0. The first kappa shape index (κ1) is 19.4. The van der Waals surface area contributed by atoms with Crippen LogP contribution in [0.25, 0.3) is 27.6 Å². The Balaban J connectivity index is 2.10. The van der Waals surface area contributed by atoms with Gasteiger partial charge in [-0.1, -0.05) is 35.9 Å². The van der Waals surface area contributed by atoms with Crippen LogP contribution in [-0.2, 0) is 0 Å². The Bertz CT molecular complexity index is 1200. The molecule has 5 heteroatoms.